The Bertz CT molecular complexity index is 1030. The van der Waals surface area contributed by atoms with Crippen molar-refractivity contribution in [3.63, 3.8) is 0 Å². The van der Waals surface area contributed by atoms with Gasteiger partial charge in [0.25, 0.3) is 11.5 Å². The van der Waals surface area contributed by atoms with Crippen LogP contribution in [0.25, 0.3) is 0 Å². The molecule has 30 heavy (non-hydrogen) atoms. The van der Waals surface area contributed by atoms with Crippen LogP contribution in [0.2, 0.25) is 0 Å². The molecule has 0 saturated heterocycles. The number of amides is 1. The van der Waals surface area contributed by atoms with Crippen LogP contribution < -0.4 is 5.56 Å². The van der Waals surface area contributed by atoms with Crippen LogP contribution in [-0.2, 0) is 18.9 Å². The number of halogens is 7. The third-order valence-corrected chi connectivity index (χ3v) is 5.62. The first-order valence-corrected chi connectivity index (χ1v) is 9.52. The van der Waals surface area contributed by atoms with Gasteiger partial charge in [-0.1, -0.05) is 0 Å². The fourth-order valence-corrected chi connectivity index (χ4v) is 3.89. The van der Waals surface area contributed by atoms with Gasteiger partial charge in [-0.05, 0) is 65.7 Å². The first-order chi connectivity index (χ1) is 13.7. The van der Waals surface area contributed by atoms with Crippen molar-refractivity contribution in [3.05, 3.63) is 67.5 Å². The molecule has 0 N–H and O–H groups in total. The van der Waals surface area contributed by atoms with E-state index in [4.69, 9.17) is 0 Å². The summed E-state index contributed by atoms with van der Waals surface area (Å²) in [7, 11) is 0. The lowest BCUT2D eigenvalue weighted by Gasteiger charge is -2.39. The molecular formula is C19H15BrF6N2O2. The molecule has 0 spiro atoms. The molecule has 2 atom stereocenters. The lowest BCUT2D eigenvalue weighted by Crippen LogP contribution is -2.50. The highest BCUT2D eigenvalue weighted by molar-refractivity contribution is 9.10. The van der Waals surface area contributed by atoms with Gasteiger partial charge in [-0.25, -0.2) is 0 Å². The number of hydrogen-bond acceptors (Lipinski definition) is 2. The molecule has 1 amide bonds. The SMILES string of the molecule is CC1Cn2c(ccc(Br)c2=O)C(=O)N1C(C)c1cc(C(F)(F)F)cc(C(F)(F)F)c1. The second-order valence-electron chi connectivity index (χ2n) is 7.06. The van der Waals surface area contributed by atoms with Crippen molar-refractivity contribution in [1.82, 2.24) is 9.47 Å². The first-order valence-electron chi connectivity index (χ1n) is 8.73. The molecule has 11 heteroatoms. The lowest BCUT2D eigenvalue weighted by atomic mass is 9.97. The number of aromatic nitrogens is 1. The highest BCUT2D eigenvalue weighted by Gasteiger charge is 2.39. The van der Waals surface area contributed by atoms with Gasteiger partial charge in [0.05, 0.1) is 21.6 Å². The van der Waals surface area contributed by atoms with Gasteiger partial charge >= 0.3 is 12.4 Å². The number of hydrogen-bond donors (Lipinski definition) is 0. The molecule has 2 unspecified atom stereocenters. The number of carbonyl (C=O) groups excluding carboxylic acids is 1. The summed E-state index contributed by atoms with van der Waals surface area (Å²) in [5, 5.41) is 0. The van der Waals surface area contributed by atoms with Crippen LogP contribution in [0.5, 0.6) is 0 Å². The quantitative estimate of drug-likeness (QED) is 0.532. The molecule has 0 saturated carbocycles. The van der Waals surface area contributed by atoms with Crippen LogP contribution >= 0.6 is 15.9 Å². The summed E-state index contributed by atoms with van der Waals surface area (Å²) in [4.78, 5) is 26.4. The molecule has 3 rings (SSSR count). The minimum absolute atomic E-state index is 0.0103. The second kappa shape index (κ2) is 7.44. The van der Waals surface area contributed by atoms with Crippen molar-refractivity contribution < 1.29 is 31.1 Å². The number of pyridine rings is 1. The Balaban J connectivity index is 2.10. The maximum atomic E-state index is 13.2. The van der Waals surface area contributed by atoms with Crippen LogP contribution in [-0.4, -0.2) is 21.4 Å². The van der Waals surface area contributed by atoms with E-state index in [1.165, 1.54) is 28.5 Å². The van der Waals surface area contributed by atoms with Gasteiger partial charge in [-0.3, -0.25) is 9.59 Å². The van der Waals surface area contributed by atoms with Crippen LogP contribution in [0.1, 0.15) is 47.1 Å². The van der Waals surface area contributed by atoms with Crippen molar-refractivity contribution in [2.24, 2.45) is 0 Å². The smallest absolute Gasteiger partial charge is 0.326 e. The van der Waals surface area contributed by atoms with Crippen LogP contribution in [0.15, 0.2) is 39.6 Å². The van der Waals surface area contributed by atoms with E-state index in [1.54, 1.807) is 6.92 Å². The molecule has 0 aliphatic carbocycles. The Kier molecular flexibility index (Phi) is 5.55. The molecule has 4 nitrogen and oxygen atoms in total. The van der Waals surface area contributed by atoms with Crippen molar-refractivity contribution in [2.75, 3.05) is 0 Å². The Labute approximate surface area is 175 Å². The highest BCUT2D eigenvalue weighted by Crippen LogP contribution is 2.39. The topological polar surface area (TPSA) is 42.3 Å². The Morgan fingerprint density at radius 3 is 2.03 bits per heavy atom. The molecule has 0 radical (unpaired) electrons. The minimum Gasteiger partial charge on any atom is -0.326 e. The van der Waals surface area contributed by atoms with E-state index >= 15 is 0 Å². The van der Waals surface area contributed by atoms with Gasteiger partial charge in [0.15, 0.2) is 0 Å². The van der Waals surface area contributed by atoms with Crippen molar-refractivity contribution >= 4 is 21.8 Å². The predicted molar refractivity (Wildman–Crippen MR) is 98.9 cm³/mol. The van der Waals surface area contributed by atoms with Gasteiger partial charge in [0, 0.05) is 12.6 Å². The highest BCUT2D eigenvalue weighted by atomic mass is 79.9. The number of alkyl halides is 6. The summed E-state index contributed by atoms with van der Waals surface area (Å²) in [5.74, 6) is -0.656. The maximum absolute atomic E-state index is 13.2. The van der Waals surface area contributed by atoms with Gasteiger partial charge in [0.1, 0.15) is 5.69 Å². The van der Waals surface area contributed by atoms with E-state index in [-0.39, 0.29) is 28.3 Å². The van der Waals surface area contributed by atoms with E-state index in [0.717, 1.165) is 0 Å². The summed E-state index contributed by atoms with van der Waals surface area (Å²) >= 11 is 3.08. The minimum atomic E-state index is -4.99. The summed E-state index contributed by atoms with van der Waals surface area (Å²) < 4.78 is 80.6. The van der Waals surface area contributed by atoms with E-state index in [0.29, 0.717) is 12.1 Å². The number of carbonyl (C=O) groups is 1. The largest absolute Gasteiger partial charge is 0.416 e. The van der Waals surface area contributed by atoms with Gasteiger partial charge < -0.3 is 9.47 Å². The number of benzene rings is 1. The third kappa shape index (κ3) is 3.99. The molecule has 1 aromatic heterocycles. The average Bonchev–Trinajstić information content (AvgIpc) is 2.63. The van der Waals surface area contributed by atoms with Gasteiger partial charge in [-0.2, -0.15) is 26.3 Å². The average molecular weight is 497 g/mol. The predicted octanol–water partition coefficient (Wildman–Crippen LogP) is 5.25. The van der Waals surface area contributed by atoms with E-state index < -0.39 is 47.0 Å². The molecule has 162 valence electrons. The number of rotatable bonds is 2. The fraction of sp³-hybridized carbons (Fsp3) is 0.368. The molecule has 2 aromatic rings. The summed E-state index contributed by atoms with van der Waals surface area (Å²) in [5.41, 5.74) is -3.63. The van der Waals surface area contributed by atoms with Gasteiger partial charge in [0.2, 0.25) is 0 Å². The monoisotopic (exact) mass is 496 g/mol. The Hall–Kier alpha value is -2.30. The number of nitrogens with zero attached hydrogens (tertiary/aromatic N) is 2. The lowest BCUT2D eigenvalue weighted by molar-refractivity contribution is -0.143. The molecule has 0 bridgehead atoms. The summed E-state index contributed by atoms with van der Waals surface area (Å²) in [6.45, 7) is 2.98. The Morgan fingerprint density at radius 2 is 1.53 bits per heavy atom. The normalized spacial score (nSPS) is 18.4. The zero-order valence-electron chi connectivity index (χ0n) is 15.6. The third-order valence-electron chi connectivity index (χ3n) is 5.01. The van der Waals surface area contributed by atoms with E-state index in [1.807, 2.05) is 0 Å². The standard InChI is InChI=1S/C19H15BrF6N2O2/c1-9-8-27-15(4-3-14(20)16(27)29)17(30)28(9)10(2)11-5-12(18(21,22)23)7-13(6-11)19(24,25)26/h3-7,9-10H,8H2,1-2H3. The summed E-state index contributed by atoms with van der Waals surface area (Å²) in [6.07, 6.45) is -9.97. The molecule has 1 aliphatic rings. The molecule has 0 fully saturated rings. The van der Waals surface area contributed by atoms with Crippen molar-refractivity contribution in [3.8, 4) is 0 Å². The van der Waals surface area contributed by atoms with Crippen LogP contribution in [0, 0.1) is 0 Å². The van der Waals surface area contributed by atoms with E-state index in [2.05, 4.69) is 15.9 Å². The van der Waals surface area contributed by atoms with Crippen molar-refractivity contribution in [1.29, 1.82) is 0 Å². The summed E-state index contributed by atoms with van der Waals surface area (Å²) in [6, 6.07) is 2.29. The number of fused-ring (bicyclic) bond motifs is 1. The zero-order chi connectivity index (χ0) is 22.6. The zero-order valence-corrected chi connectivity index (χ0v) is 17.2. The van der Waals surface area contributed by atoms with Crippen LogP contribution in [0.4, 0.5) is 26.3 Å². The van der Waals surface area contributed by atoms with Crippen LogP contribution in [0.3, 0.4) is 0 Å². The molecular weight excluding hydrogens is 482 g/mol. The van der Waals surface area contributed by atoms with Gasteiger partial charge in [-0.15, -0.1) is 0 Å². The van der Waals surface area contributed by atoms with Crippen molar-refractivity contribution in [2.45, 2.75) is 44.8 Å². The second-order valence-corrected chi connectivity index (χ2v) is 7.91. The molecule has 2 heterocycles. The molecule has 1 aromatic carbocycles. The Morgan fingerprint density at radius 1 is 1.00 bits per heavy atom. The van der Waals surface area contributed by atoms with E-state index in [9.17, 15) is 35.9 Å². The molecule has 1 aliphatic heterocycles. The first kappa shape index (κ1) is 22.4. The maximum Gasteiger partial charge on any atom is 0.416 e. The fourth-order valence-electron chi connectivity index (χ4n) is 3.54.